The van der Waals surface area contributed by atoms with Crippen LogP contribution in [0.5, 0.6) is 0 Å². The third kappa shape index (κ3) is 9.11. The standard InChI is InChI=1S/C44H47N9O7S/c1-61(59,60)32-19-13-29(14-20-32)36-10-7-11-38-47-44(49-53(36)38)46-30-15-17-31(18-16-30)50-24-26-51(27-25-50)40(55)12-4-2-3-5-23-45-35-9-6-8-33-34(35)28-41(56)52(43(33)58)37-21-22-39(54)48-42(37)57/h6-11,13-20,37,45H,2-5,12,21-28H2,1H3,(H,46,49)(H,48,54,57). The van der Waals surface area contributed by atoms with Gasteiger partial charge in [0.05, 0.1) is 17.0 Å². The number of anilines is 4. The molecule has 5 aromatic rings. The van der Waals surface area contributed by atoms with Crippen molar-refractivity contribution in [2.45, 2.75) is 62.3 Å². The van der Waals surface area contributed by atoms with Crippen molar-refractivity contribution in [3.8, 4) is 11.3 Å². The fourth-order valence-electron chi connectivity index (χ4n) is 8.15. The Morgan fingerprint density at radius 2 is 1.59 bits per heavy atom. The molecule has 16 nitrogen and oxygen atoms in total. The van der Waals surface area contributed by atoms with Gasteiger partial charge in [0, 0.05) is 80.0 Å². The van der Waals surface area contributed by atoms with E-state index in [-0.39, 0.29) is 30.1 Å². The summed E-state index contributed by atoms with van der Waals surface area (Å²) >= 11 is 0. The molecule has 316 valence electrons. The molecule has 3 aromatic carbocycles. The Balaban J connectivity index is 0.748. The van der Waals surface area contributed by atoms with Crippen LogP contribution in [0.25, 0.3) is 16.9 Å². The lowest BCUT2D eigenvalue weighted by Gasteiger charge is -2.36. The maximum Gasteiger partial charge on any atom is 0.261 e. The van der Waals surface area contributed by atoms with E-state index in [0.717, 1.165) is 72.0 Å². The van der Waals surface area contributed by atoms with Gasteiger partial charge in [0.15, 0.2) is 15.5 Å². The van der Waals surface area contributed by atoms with Crippen LogP contribution in [0.15, 0.2) is 89.8 Å². The summed E-state index contributed by atoms with van der Waals surface area (Å²) in [4.78, 5) is 73.5. The molecule has 0 saturated carbocycles. The molecule has 3 aliphatic rings. The van der Waals surface area contributed by atoms with E-state index in [4.69, 9.17) is 0 Å². The third-order valence-corrected chi connectivity index (χ3v) is 12.6. The Kier molecular flexibility index (Phi) is 11.8. The van der Waals surface area contributed by atoms with Crippen LogP contribution >= 0.6 is 0 Å². The highest BCUT2D eigenvalue weighted by Crippen LogP contribution is 2.30. The van der Waals surface area contributed by atoms with Crippen molar-refractivity contribution in [3.05, 3.63) is 96.1 Å². The number of nitrogens with zero attached hydrogens (tertiary/aromatic N) is 6. The zero-order valence-electron chi connectivity index (χ0n) is 33.8. The Labute approximate surface area is 353 Å². The number of piperazine rings is 1. The normalized spacial score (nSPS) is 17.1. The van der Waals surface area contributed by atoms with Gasteiger partial charge in [0.2, 0.25) is 29.6 Å². The Morgan fingerprint density at radius 1 is 0.852 bits per heavy atom. The van der Waals surface area contributed by atoms with Crippen molar-refractivity contribution in [2.24, 2.45) is 0 Å². The summed E-state index contributed by atoms with van der Waals surface area (Å²) in [5.74, 6) is -1.40. The lowest BCUT2D eigenvalue weighted by molar-refractivity contribution is -0.143. The Hall–Kier alpha value is -6.62. The summed E-state index contributed by atoms with van der Waals surface area (Å²) in [7, 11) is -3.30. The molecular formula is C44H47N9O7S. The highest BCUT2D eigenvalue weighted by molar-refractivity contribution is 7.90. The number of carbonyl (C=O) groups excluding carboxylic acids is 5. The molecule has 1 unspecified atom stereocenters. The first kappa shape index (κ1) is 41.1. The number of unbranched alkanes of at least 4 members (excludes halogenated alkanes) is 3. The number of sulfone groups is 1. The number of rotatable bonds is 14. The summed E-state index contributed by atoms with van der Waals surface area (Å²) in [5, 5.41) is 13.5. The smallest absolute Gasteiger partial charge is 0.261 e. The summed E-state index contributed by atoms with van der Waals surface area (Å²) < 4.78 is 25.5. The average Bonchev–Trinajstić information content (AvgIpc) is 3.67. The molecular weight excluding hydrogens is 799 g/mol. The largest absolute Gasteiger partial charge is 0.385 e. The van der Waals surface area contributed by atoms with Crippen molar-refractivity contribution >= 4 is 68.0 Å². The fourth-order valence-corrected chi connectivity index (χ4v) is 8.78. The summed E-state index contributed by atoms with van der Waals surface area (Å²) in [5.41, 5.74) is 5.87. The topological polar surface area (TPSA) is 195 Å². The number of hydrogen-bond donors (Lipinski definition) is 3. The number of pyridine rings is 1. The molecule has 0 spiro atoms. The van der Waals surface area contributed by atoms with Crippen LogP contribution in [0.1, 0.15) is 60.9 Å². The molecule has 2 saturated heterocycles. The van der Waals surface area contributed by atoms with Crippen LogP contribution in [0.3, 0.4) is 0 Å². The van der Waals surface area contributed by atoms with Gasteiger partial charge in [-0.3, -0.25) is 34.2 Å². The van der Waals surface area contributed by atoms with Gasteiger partial charge < -0.3 is 20.4 Å². The minimum Gasteiger partial charge on any atom is -0.385 e. The maximum atomic E-state index is 13.3. The molecule has 0 radical (unpaired) electrons. The molecule has 1 atom stereocenters. The summed E-state index contributed by atoms with van der Waals surface area (Å²) in [6, 6.07) is 24.7. The van der Waals surface area contributed by atoms with Gasteiger partial charge in [0.25, 0.3) is 5.91 Å². The van der Waals surface area contributed by atoms with Gasteiger partial charge >= 0.3 is 0 Å². The van der Waals surface area contributed by atoms with Gasteiger partial charge in [0.1, 0.15) is 6.04 Å². The predicted molar refractivity (Wildman–Crippen MR) is 229 cm³/mol. The van der Waals surface area contributed by atoms with Crippen LogP contribution in [0.2, 0.25) is 0 Å². The number of benzene rings is 3. The number of hydrogen-bond acceptors (Lipinski definition) is 12. The molecule has 8 rings (SSSR count). The van der Waals surface area contributed by atoms with Crippen LogP contribution in [0.4, 0.5) is 23.0 Å². The SMILES string of the molecule is CS(=O)(=O)c1ccc(-c2cccc3nc(Nc4ccc(N5CCN(C(=O)CCCCCCNc6cccc7c6CC(=O)N(C6CCC(=O)NC6=O)C7=O)CC5)cc4)nn23)cc1. The highest BCUT2D eigenvalue weighted by atomic mass is 32.2. The molecule has 61 heavy (non-hydrogen) atoms. The second kappa shape index (κ2) is 17.5. The molecule has 3 aliphatic heterocycles. The number of nitrogens with one attached hydrogen (secondary N) is 3. The van der Waals surface area contributed by atoms with Gasteiger partial charge in [-0.2, -0.15) is 4.98 Å². The van der Waals surface area contributed by atoms with Gasteiger partial charge in [-0.15, -0.1) is 5.10 Å². The molecule has 2 fully saturated rings. The van der Waals surface area contributed by atoms with Gasteiger partial charge in [-0.25, -0.2) is 12.9 Å². The average molecular weight is 846 g/mol. The summed E-state index contributed by atoms with van der Waals surface area (Å²) in [6.07, 6.45) is 5.37. The second-order valence-corrected chi connectivity index (χ2v) is 17.6. The van der Waals surface area contributed by atoms with Gasteiger partial charge in [-0.1, -0.05) is 37.1 Å². The van der Waals surface area contributed by atoms with E-state index in [0.29, 0.717) is 48.8 Å². The number of piperidine rings is 1. The van der Waals surface area contributed by atoms with E-state index in [2.05, 4.69) is 30.9 Å². The van der Waals surface area contributed by atoms with Gasteiger partial charge in [-0.05, 0) is 85.5 Å². The maximum absolute atomic E-state index is 13.3. The van der Waals surface area contributed by atoms with Crippen LogP contribution in [0, 0.1) is 0 Å². The third-order valence-electron chi connectivity index (χ3n) is 11.4. The second-order valence-electron chi connectivity index (χ2n) is 15.6. The van der Waals surface area contributed by atoms with Crippen molar-refractivity contribution < 1.29 is 32.4 Å². The Morgan fingerprint density at radius 3 is 2.33 bits per heavy atom. The van der Waals surface area contributed by atoms with E-state index in [1.807, 2.05) is 53.4 Å². The van der Waals surface area contributed by atoms with Crippen LogP contribution < -0.4 is 20.9 Å². The van der Waals surface area contributed by atoms with E-state index in [1.54, 1.807) is 40.9 Å². The first-order valence-electron chi connectivity index (χ1n) is 20.5. The number of imide groups is 2. The monoisotopic (exact) mass is 845 g/mol. The van der Waals surface area contributed by atoms with E-state index >= 15 is 0 Å². The highest BCUT2D eigenvalue weighted by Gasteiger charge is 2.42. The fraction of sp³-hybridized carbons (Fsp3) is 0.341. The minimum absolute atomic E-state index is 0.0100. The zero-order chi connectivity index (χ0) is 42.7. The van der Waals surface area contributed by atoms with Crippen molar-refractivity contribution in [1.29, 1.82) is 0 Å². The lowest BCUT2D eigenvalue weighted by atomic mass is 9.93. The van der Waals surface area contributed by atoms with Crippen LogP contribution in [-0.4, -0.2) is 107 Å². The lowest BCUT2D eigenvalue weighted by Crippen LogP contribution is -2.58. The van der Waals surface area contributed by atoms with E-state index < -0.39 is 39.5 Å². The molecule has 17 heteroatoms. The minimum atomic E-state index is -3.30. The summed E-state index contributed by atoms with van der Waals surface area (Å²) in [6.45, 7) is 3.44. The molecule has 0 aliphatic carbocycles. The van der Waals surface area contributed by atoms with Crippen molar-refractivity contribution in [2.75, 3.05) is 54.5 Å². The zero-order valence-corrected chi connectivity index (χ0v) is 34.6. The number of aromatic nitrogens is 3. The first-order valence-corrected chi connectivity index (χ1v) is 22.4. The molecule has 5 heterocycles. The number of fused-ring (bicyclic) bond motifs is 2. The predicted octanol–water partition coefficient (Wildman–Crippen LogP) is 4.58. The Bertz CT molecular complexity index is 2600. The van der Waals surface area contributed by atoms with E-state index in [9.17, 15) is 32.4 Å². The molecule has 5 amide bonds. The van der Waals surface area contributed by atoms with E-state index in [1.165, 1.54) is 6.26 Å². The number of carbonyl (C=O) groups is 5. The first-order chi connectivity index (χ1) is 29.4. The molecule has 0 bridgehead atoms. The molecule has 3 N–H and O–H groups in total. The molecule has 2 aromatic heterocycles. The van der Waals surface area contributed by atoms with Crippen LogP contribution in [-0.2, 0) is 35.4 Å². The number of amides is 5. The van der Waals surface area contributed by atoms with Crippen molar-refractivity contribution in [3.63, 3.8) is 0 Å². The van der Waals surface area contributed by atoms with Crippen molar-refractivity contribution in [1.82, 2.24) is 29.7 Å². The quantitative estimate of drug-likeness (QED) is 0.104.